The van der Waals surface area contributed by atoms with Crippen molar-refractivity contribution >= 4 is 11.6 Å². The Morgan fingerprint density at radius 1 is 1.39 bits per heavy atom. The standard InChI is InChI=1S/C13H16N4O/c1-9-15-16-12-8-10(6-7-17(9)12)13(18)14-11-4-2-3-5-11/h6-8,11H,2-5H2,1H3,(H,14,18). The SMILES string of the molecule is Cc1nnc2cc(C(=O)NC3CCCC3)ccn12. The molecular formula is C13H16N4O. The van der Waals surface area contributed by atoms with Crippen molar-refractivity contribution in [2.24, 2.45) is 0 Å². The van der Waals surface area contributed by atoms with Crippen LogP contribution in [0.2, 0.25) is 0 Å². The molecule has 0 atom stereocenters. The number of hydrogen-bond acceptors (Lipinski definition) is 3. The molecule has 2 heterocycles. The Kier molecular flexibility index (Phi) is 2.74. The van der Waals surface area contributed by atoms with Crippen LogP contribution in [0.25, 0.3) is 5.65 Å². The van der Waals surface area contributed by atoms with Gasteiger partial charge in [-0.15, -0.1) is 10.2 Å². The van der Waals surface area contributed by atoms with Crippen LogP contribution >= 0.6 is 0 Å². The summed E-state index contributed by atoms with van der Waals surface area (Å²) in [6, 6.07) is 3.94. The van der Waals surface area contributed by atoms with Gasteiger partial charge in [-0.3, -0.25) is 9.20 Å². The summed E-state index contributed by atoms with van der Waals surface area (Å²) >= 11 is 0. The number of amides is 1. The van der Waals surface area contributed by atoms with E-state index >= 15 is 0 Å². The lowest BCUT2D eigenvalue weighted by Crippen LogP contribution is -2.32. The first kappa shape index (κ1) is 11.2. The Bertz CT molecular complexity index is 584. The molecule has 3 rings (SSSR count). The summed E-state index contributed by atoms with van der Waals surface area (Å²) < 4.78 is 1.87. The summed E-state index contributed by atoms with van der Waals surface area (Å²) in [5, 5.41) is 11.1. The van der Waals surface area contributed by atoms with Gasteiger partial charge in [-0.25, -0.2) is 0 Å². The highest BCUT2D eigenvalue weighted by molar-refractivity contribution is 5.95. The number of aromatic nitrogens is 3. The number of carbonyl (C=O) groups excluding carboxylic acids is 1. The zero-order valence-corrected chi connectivity index (χ0v) is 10.4. The number of carbonyl (C=O) groups is 1. The van der Waals surface area contributed by atoms with Crippen LogP contribution in [0.15, 0.2) is 18.3 Å². The lowest BCUT2D eigenvalue weighted by molar-refractivity contribution is 0.0938. The van der Waals surface area contributed by atoms with Crippen LogP contribution in [0, 0.1) is 6.92 Å². The second kappa shape index (κ2) is 4.40. The van der Waals surface area contributed by atoms with Gasteiger partial charge in [-0.2, -0.15) is 0 Å². The van der Waals surface area contributed by atoms with Crippen LogP contribution in [0.4, 0.5) is 0 Å². The van der Waals surface area contributed by atoms with E-state index < -0.39 is 0 Å². The number of rotatable bonds is 2. The highest BCUT2D eigenvalue weighted by Gasteiger charge is 2.18. The summed E-state index contributed by atoms with van der Waals surface area (Å²) in [5.74, 6) is 0.817. The van der Waals surface area contributed by atoms with Gasteiger partial charge in [0.05, 0.1) is 0 Å². The zero-order chi connectivity index (χ0) is 12.5. The van der Waals surface area contributed by atoms with Crippen LogP contribution in [0.5, 0.6) is 0 Å². The number of aryl methyl sites for hydroxylation is 1. The van der Waals surface area contributed by atoms with Crippen molar-refractivity contribution in [2.45, 2.75) is 38.6 Å². The summed E-state index contributed by atoms with van der Waals surface area (Å²) in [5.41, 5.74) is 1.37. The van der Waals surface area contributed by atoms with Crippen molar-refractivity contribution in [2.75, 3.05) is 0 Å². The first-order valence-electron chi connectivity index (χ1n) is 6.36. The maximum absolute atomic E-state index is 12.1. The van der Waals surface area contributed by atoms with Crippen molar-refractivity contribution in [1.29, 1.82) is 0 Å². The van der Waals surface area contributed by atoms with Gasteiger partial charge in [0.15, 0.2) is 5.65 Å². The van der Waals surface area contributed by atoms with E-state index in [9.17, 15) is 4.79 Å². The zero-order valence-electron chi connectivity index (χ0n) is 10.4. The van der Waals surface area contributed by atoms with Crippen molar-refractivity contribution in [3.63, 3.8) is 0 Å². The van der Waals surface area contributed by atoms with Crippen LogP contribution in [-0.4, -0.2) is 26.5 Å². The predicted octanol–water partition coefficient (Wildman–Crippen LogP) is 1.71. The third-order valence-electron chi connectivity index (χ3n) is 3.53. The Balaban J connectivity index is 1.82. The fraction of sp³-hybridized carbons (Fsp3) is 0.462. The van der Waals surface area contributed by atoms with E-state index in [1.807, 2.05) is 23.6 Å². The molecule has 2 aromatic rings. The first-order valence-corrected chi connectivity index (χ1v) is 6.36. The average Bonchev–Trinajstić information content (AvgIpc) is 2.99. The molecule has 1 amide bonds. The van der Waals surface area contributed by atoms with E-state index in [0.717, 1.165) is 18.7 Å². The van der Waals surface area contributed by atoms with Crippen LogP contribution < -0.4 is 5.32 Å². The number of nitrogens with zero attached hydrogens (tertiary/aromatic N) is 3. The van der Waals surface area contributed by atoms with E-state index in [-0.39, 0.29) is 5.91 Å². The molecule has 2 aromatic heterocycles. The molecule has 1 aliphatic carbocycles. The normalized spacial score (nSPS) is 16.3. The van der Waals surface area contributed by atoms with Gasteiger partial charge in [-0.05, 0) is 31.9 Å². The molecule has 94 valence electrons. The van der Waals surface area contributed by atoms with E-state index in [0.29, 0.717) is 17.3 Å². The Morgan fingerprint density at radius 2 is 2.17 bits per heavy atom. The largest absolute Gasteiger partial charge is 0.349 e. The fourth-order valence-electron chi connectivity index (χ4n) is 2.49. The smallest absolute Gasteiger partial charge is 0.251 e. The summed E-state index contributed by atoms with van der Waals surface area (Å²) in [6.07, 6.45) is 6.46. The second-order valence-electron chi connectivity index (χ2n) is 4.85. The number of nitrogens with one attached hydrogen (secondary N) is 1. The first-order chi connectivity index (χ1) is 8.74. The molecule has 5 nitrogen and oxygen atoms in total. The Hall–Kier alpha value is -1.91. The maximum atomic E-state index is 12.1. The van der Waals surface area contributed by atoms with Gasteiger partial charge in [0.25, 0.3) is 5.91 Å². The molecule has 18 heavy (non-hydrogen) atoms. The van der Waals surface area contributed by atoms with Crippen LogP contribution in [0.1, 0.15) is 41.9 Å². The minimum absolute atomic E-state index is 0.00921. The topological polar surface area (TPSA) is 59.3 Å². The molecule has 5 heteroatoms. The minimum Gasteiger partial charge on any atom is -0.349 e. The highest BCUT2D eigenvalue weighted by Crippen LogP contribution is 2.18. The highest BCUT2D eigenvalue weighted by atomic mass is 16.1. The molecule has 0 aliphatic heterocycles. The molecule has 1 aliphatic rings. The monoisotopic (exact) mass is 244 g/mol. The van der Waals surface area contributed by atoms with Gasteiger partial charge in [0.1, 0.15) is 5.82 Å². The van der Waals surface area contributed by atoms with Crippen molar-refractivity contribution in [3.8, 4) is 0 Å². The van der Waals surface area contributed by atoms with Gasteiger partial charge in [0, 0.05) is 17.8 Å². The molecule has 0 radical (unpaired) electrons. The number of pyridine rings is 1. The molecule has 0 unspecified atom stereocenters. The van der Waals surface area contributed by atoms with E-state index in [4.69, 9.17) is 0 Å². The molecule has 0 aromatic carbocycles. The Labute approximate surface area is 105 Å². The maximum Gasteiger partial charge on any atom is 0.251 e. The van der Waals surface area contributed by atoms with E-state index in [1.165, 1.54) is 12.8 Å². The van der Waals surface area contributed by atoms with Crippen molar-refractivity contribution < 1.29 is 4.79 Å². The minimum atomic E-state index is -0.00921. The van der Waals surface area contributed by atoms with Crippen molar-refractivity contribution in [3.05, 3.63) is 29.7 Å². The molecule has 0 saturated heterocycles. The Morgan fingerprint density at radius 3 is 2.94 bits per heavy atom. The van der Waals surface area contributed by atoms with Crippen molar-refractivity contribution in [1.82, 2.24) is 19.9 Å². The fourth-order valence-corrected chi connectivity index (χ4v) is 2.49. The summed E-state index contributed by atoms with van der Waals surface area (Å²) in [4.78, 5) is 12.1. The van der Waals surface area contributed by atoms with E-state index in [2.05, 4.69) is 15.5 Å². The third-order valence-corrected chi connectivity index (χ3v) is 3.53. The number of fused-ring (bicyclic) bond motifs is 1. The number of hydrogen-bond donors (Lipinski definition) is 1. The van der Waals surface area contributed by atoms with Gasteiger partial charge < -0.3 is 5.32 Å². The van der Waals surface area contributed by atoms with Gasteiger partial charge in [0.2, 0.25) is 0 Å². The molecule has 1 fully saturated rings. The predicted molar refractivity (Wildman–Crippen MR) is 67.4 cm³/mol. The molecule has 1 saturated carbocycles. The van der Waals surface area contributed by atoms with Crippen LogP contribution in [0.3, 0.4) is 0 Å². The lowest BCUT2D eigenvalue weighted by Gasteiger charge is -2.11. The van der Waals surface area contributed by atoms with E-state index in [1.54, 1.807) is 6.07 Å². The molecular weight excluding hydrogens is 228 g/mol. The lowest BCUT2D eigenvalue weighted by atomic mass is 10.2. The summed E-state index contributed by atoms with van der Waals surface area (Å²) in [6.45, 7) is 1.89. The summed E-state index contributed by atoms with van der Waals surface area (Å²) in [7, 11) is 0. The third kappa shape index (κ3) is 1.96. The molecule has 0 spiro atoms. The van der Waals surface area contributed by atoms with Gasteiger partial charge in [-0.1, -0.05) is 12.8 Å². The quantitative estimate of drug-likeness (QED) is 0.874. The molecule has 1 N–H and O–H groups in total. The van der Waals surface area contributed by atoms with Gasteiger partial charge >= 0.3 is 0 Å². The molecule has 0 bridgehead atoms. The second-order valence-corrected chi connectivity index (χ2v) is 4.85. The van der Waals surface area contributed by atoms with Crippen LogP contribution in [-0.2, 0) is 0 Å². The average molecular weight is 244 g/mol.